The van der Waals surface area contributed by atoms with E-state index < -0.39 is 58.8 Å². The van der Waals surface area contributed by atoms with Crippen molar-refractivity contribution in [1.29, 1.82) is 0 Å². The number of Topliss-reactive ketones (excluding diaryl/α,β-unsaturated/α-hetero) is 2. The number of carbonyl (C=O) groups is 5. The summed E-state index contributed by atoms with van der Waals surface area (Å²) in [5.41, 5.74) is 1.82. The van der Waals surface area contributed by atoms with Crippen LogP contribution in [0, 0.1) is 28.6 Å². The van der Waals surface area contributed by atoms with Crippen LogP contribution in [-0.2, 0) is 49.7 Å². The number of benzene rings is 2. The van der Waals surface area contributed by atoms with E-state index in [9.17, 15) is 29.1 Å². The number of ketones is 2. The molecule has 1 aliphatic rings. The first-order chi connectivity index (χ1) is 31.3. The molecule has 5 rings (SSSR count). The number of nitrogens with zero attached hydrogens (tertiary/aromatic N) is 3. The van der Waals surface area contributed by atoms with Gasteiger partial charge in [0.2, 0.25) is 17.7 Å². The second-order valence-electron chi connectivity index (χ2n) is 20.5. The van der Waals surface area contributed by atoms with Crippen LogP contribution >= 0.6 is 0 Å². The number of aliphatic hydroxyl groups is 1. The Morgan fingerprint density at radius 3 is 1.62 bits per heavy atom. The lowest BCUT2D eigenvalue weighted by Gasteiger charge is -2.36. The molecule has 2 aromatic carbocycles. The molecule has 0 unspecified atom stereocenters. The Morgan fingerprint density at radius 1 is 0.667 bits per heavy atom. The fourth-order valence-electron chi connectivity index (χ4n) is 8.61. The van der Waals surface area contributed by atoms with Gasteiger partial charge in [-0.2, -0.15) is 0 Å². The van der Waals surface area contributed by atoms with Crippen LogP contribution < -0.4 is 16.0 Å². The van der Waals surface area contributed by atoms with Gasteiger partial charge in [-0.25, -0.2) is 9.97 Å². The number of likely N-dealkylation sites (N-methyl/N-ethyl adjacent to an activating group) is 1. The van der Waals surface area contributed by atoms with Crippen LogP contribution in [0.1, 0.15) is 115 Å². The highest BCUT2D eigenvalue weighted by Gasteiger charge is 2.36. The molecule has 0 radical (unpaired) electrons. The number of hydrogen-bond acceptors (Lipinski definition) is 9. The van der Waals surface area contributed by atoms with Crippen molar-refractivity contribution < 1.29 is 29.1 Å². The molecule has 0 saturated heterocycles. The monoisotopic (exact) mass is 907 g/mol. The van der Waals surface area contributed by atoms with Crippen molar-refractivity contribution in [2.24, 2.45) is 28.6 Å². The van der Waals surface area contributed by atoms with Crippen LogP contribution in [0.2, 0.25) is 0 Å². The molecule has 1 saturated carbocycles. The van der Waals surface area contributed by atoms with Crippen molar-refractivity contribution in [2.75, 3.05) is 13.6 Å². The molecule has 358 valence electrons. The van der Waals surface area contributed by atoms with Crippen LogP contribution in [0.5, 0.6) is 0 Å². The second-order valence-corrected chi connectivity index (χ2v) is 20.5. The number of aromatic nitrogens is 4. The van der Waals surface area contributed by atoms with E-state index in [0.29, 0.717) is 37.1 Å². The Bertz CT molecular complexity index is 2110. The van der Waals surface area contributed by atoms with Crippen LogP contribution in [0.4, 0.5) is 0 Å². The topological polar surface area (TPSA) is 202 Å². The number of amides is 3. The summed E-state index contributed by atoms with van der Waals surface area (Å²) in [5.74, 6) is -2.34. The summed E-state index contributed by atoms with van der Waals surface area (Å²) in [7, 11) is 1.82. The summed E-state index contributed by atoms with van der Waals surface area (Å²) in [5, 5.41) is 21.6. The zero-order valence-electron chi connectivity index (χ0n) is 40.1. The molecule has 3 amide bonds. The smallest absolute Gasteiger partial charge is 0.243 e. The Morgan fingerprint density at radius 2 is 1.15 bits per heavy atom. The zero-order chi connectivity index (χ0) is 47.9. The third-order valence-electron chi connectivity index (χ3n) is 12.9. The molecule has 14 nitrogen and oxygen atoms in total. The predicted molar refractivity (Wildman–Crippen MR) is 256 cm³/mol. The maximum atomic E-state index is 14.6. The van der Waals surface area contributed by atoms with E-state index in [0.717, 1.165) is 43.2 Å². The minimum Gasteiger partial charge on any atom is -0.390 e. The number of aliphatic hydroxyl groups excluding tert-OH is 1. The standard InChI is InChI=1S/C52H74N8O6/c1-51(2,3)45(62)26-38(23-35-17-11-8-12-18-35)48(64)58-43(28-40-30-53-33-55-40)50(66)57-42(25-37-21-15-10-16-22-37)44(61)32-60(7)47(29-41-31-54-34-56-41)59-49(65)39(27-46(63)52(4,5)6)24-36-19-13-9-14-20-36/h8-9,11-14,17-20,30-31,33-34,37-39,42-44,47,61H,10,15-16,21-29,32H2,1-7H3,(H,53,55)(H,54,56)(H,57,66)(H,58,64)(H,59,65)/t38-,39+,42+,43+,44+,47+/m1/s1. The SMILES string of the molecule is CN(C[C@H](O)[C@H](CC1CCCCC1)NC(=O)[C@H](Cc1c[nH]cn1)NC(=O)[C@@H](CC(=O)C(C)(C)C)Cc1ccccc1)[C@@H](Cc1c[nH]cn1)NC(=O)[C@H](CC(=O)C(C)(C)C)Cc1ccccc1. The maximum absolute atomic E-state index is 14.6. The number of aromatic amines is 2. The van der Waals surface area contributed by atoms with Gasteiger partial charge in [-0.3, -0.25) is 28.9 Å². The lowest BCUT2D eigenvalue weighted by molar-refractivity contribution is -0.135. The van der Waals surface area contributed by atoms with Gasteiger partial charge in [-0.1, -0.05) is 134 Å². The van der Waals surface area contributed by atoms with Gasteiger partial charge in [-0.05, 0) is 43.4 Å². The van der Waals surface area contributed by atoms with E-state index in [4.69, 9.17) is 0 Å². The summed E-state index contributed by atoms with van der Waals surface area (Å²) in [6, 6.07) is 17.4. The Kier molecular flexibility index (Phi) is 19.0. The molecule has 66 heavy (non-hydrogen) atoms. The fraction of sp³-hybridized carbons (Fsp3) is 0.558. The Labute approximate surface area is 391 Å². The first-order valence-electron chi connectivity index (χ1n) is 23.7. The van der Waals surface area contributed by atoms with Crippen molar-refractivity contribution in [2.45, 2.75) is 143 Å². The highest BCUT2D eigenvalue weighted by atomic mass is 16.3. The zero-order valence-corrected chi connectivity index (χ0v) is 40.1. The number of imidazole rings is 2. The minimum atomic E-state index is -1.08. The summed E-state index contributed by atoms with van der Waals surface area (Å²) in [6.07, 6.45) is 11.7. The number of nitrogens with one attached hydrogen (secondary N) is 5. The van der Waals surface area contributed by atoms with Crippen molar-refractivity contribution in [3.8, 4) is 0 Å². The molecule has 1 fully saturated rings. The van der Waals surface area contributed by atoms with Crippen molar-refractivity contribution in [3.05, 3.63) is 108 Å². The molecule has 4 aromatic rings. The van der Waals surface area contributed by atoms with Crippen molar-refractivity contribution in [1.82, 2.24) is 40.8 Å². The van der Waals surface area contributed by atoms with E-state index in [1.54, 1.807) is 18.7 Å². The predicted octanol–water partition coefficient (Wildman–Crippen LogP) is 6.32. The second kappa shape index (κ2) is 24.3. The molecular formula is C52H74N8O6. The van der Waals surface area contributed by atoms with Gasteiger partial charge in [0, 0.05) is 67.3 Å². The number of hydrogen-bond donors (Lipinski definition) is 6. The van der Waals surface area contributed by atoms with E-state index >= 15 is 0 Å². The van der Waals surface area contributed by atoms with E-state index in [1.807, 2.05) is 114 Å². The molecular weight excluding hydrogens is 833 g/mol. The van der Waals surface area contributed by atoms with Gasteiger partial charge in [0.1, 0.15) is 17.6 Å². The lowest BCUT2D eigenvalue weighted by atomic mass is 9.82. The van der Waals surface area contributed by atoms with Gasteiger partial charge in [0.05, 0.1) is 42.4 Å². The van der Waals surface area contributed by atoms with Gasteiger partial charge >= 0.3 is 0 Å². The number of rotatable bonds is 24. The van der Waals surface area contributed by atoms with Crippen LogP contribution in [0.25, 0.3) is 0 Å². The van der Waals surface area contributed by atoms with Gasteiger partial charge in [0.15, 0.2) is 0 Å². The fourth-order valence-corrected chi connectivity index (χ4v) is 8.61. The maximum Gasteiger partial charge on any atom is 0.243 e. The van der Waals surface area contributed by atoms with E-state index in [1.165, 1.54) is 6.33 Å². The number of H-pyrrole nitrogens is 2. The lowest BCUT2D eigenvalue weighted by Crippen LogP contribution is -2.58. The Hall–Kier alpha value is -5.47. The third-order valence-corrected chi connectivity index (χ3v) is 12.9. The first-order valence-corrected chi connectivity index (χ1v) is 23.7. The molecule has 0 aliphatic heterocycles. The average Bonchev–Trinajstić information content (AvgIpc) is 4.00. The molecule has 6 N–H and O–H groups in total. The highest BCUT2D eigenvalue weighted by molar-refractivity contribution is 5.93. The van der Waals surface area contributed by atoms with E-state index in [2.05, 4.69) is 35.9 Å². The summed E-state index contributed by atoms with van der Waals surface area (Å²) >= 11 is 0. The minimum absolute atomic E-state index is 0.00616. The first kappa shape index (κ1) is 51.5. The molecule has 14 heteroatoms. The quantitative estimate of drug-likeness (QED) is 0.0435. The van der Waals surface area contributed by atoms with E-state index in [-0.39, 0.29) is 49.2 Å². The molecule has 1 aliphatic carbocycles. The highest BCUT2D eigenvalue weighted by Crippen LogP contribution is 2.29. The van der Waals surface area contributed by atoms with Crippen LogP contribution in [0.15, 0.2) is 85.7 Å². The van der Waals surface area contributed by atoms with Gasteiger partial charge < -0.3 is 31.0 Å². The van der Waals surface area contributed by atoms with Crippen molar-refractivity contribution >= 4 is 29.3 Å². The van der Waals surface area contributed by atoms with Gasteiger partial charge in [-0.15, -0.1) is 0 Å². The average molecular weight is 907 g/mol. The normalized spacial score (nSPS) is 16.4. The summed E-state index contributed by atoms with van der Waals surface area (Å²) in [6.45, 7) is 11.2. The largest absolute Gasteiger partial charge is 0.390 e. The molecule has 0 spiro atoms. The summed E-state index contributed by atoms with van der Waals surface area (Å²) < 4.78 is 0. The number of carbonyl (C=O) groups excluding carboxylic acids is 5. The summed E-state index contributed by atoms with van der Waals surface area (Å²) in [4.78, 5) is 86.6. The van der Waals surface area contributed by atoms with Gasteiger partial charge in [0.25, 0.3) is 0 Å². The van der Waals surface area contributed by atoms with Crippen molar-refractivity contribution in [3.63, 3.8) is 0 Å². The Balaban J connectivity index is 1.38. The third kappa shape index (κ3) is 16.4. The molecule has 0 bridgehead atoms. The van der Waals surface area contributed by atoms with Crippen LogP contribution in [0.3, 0.4) is 0 Å². The molecule has 2 aromatic heterocycles. The van der Waals surface area contributed by atoms with Crippen LogP contribution in [-0.4, -0.2) is 97.2 Å². The molecule has 6 atom stereocenters. The molecule has 2 heterocycles.